The van der Waals surface area contributed by atoms with Crippen LogP contribution in [-0.2, 0) is 14.4 Å². The first-order valence-corrected chi connectivity index (χ1v) is 10.5. The van der Waals surface area contributed by atoms with Crippen LogP contribution in [-0.4, -0.2) is 45.9 Å². The van der Waals surface area contributed by atoms with Crippen molar-refractivity contribution in [2.75, 3.05) is 0 Å². The average molecular weight is 438 g/mol. The predicted molar refractivity (Wildman–Crippen MR) is 116 cm³/mol. The van der Waals surface area contributed by atoms with Crippen molar-refractivity contribution in [2.45, 2.75) is 43.9 Å². The first-order chi connectivity index (χ1) is 15.4. The first-order valence-electron chi connectivity index (χ1n) is 10.5. The van der Waals surface area contributed by atoms with E-state index in [1.54, 1.807) is 60.7 Å². The molecule has 2 aromatic rings. The smallest absolute Gasteiger partial charge is 0.326 e. The van der Waals surface area contributed by atoms with Gasteiger partial charge in [0.05, 0.1) is 6.04 Å². The molecule has 1 saturated carbocycles. The third kappa shape index (κ3) is 5.79. The minimum Gasteiger partial charge on any atom is -0.480 e. The number of aliphatic carboxylic acids is 1. The zero-order valence-corrected chi connectivity index (χ0v) is 17.4. The van der Waals surface area contributed by atoms with Gasteiger partial charge in [-0.25, -0.2) is 4.79 Å². The molecule has 0 bridgehead atoms. The van der Waals surface area contributed by atoms with Gasteiger partial charge in [-0.1, -0.05) is 48.5 Å². The largest absolute Gasteiger partial charge is 0.480 e. The zero-order valence-electron chi connectivity index (χ0n) is 17.4. The summed E-state index contributed by atoms with van der Waals surface area (Å²) >= 11 is 0. The highest BCUT2D eigenvalue weighted by atomic mass is 16.4. The molecular weight excluding hydrogens is 412 g/mol. The zero-order chi connectivity index (χ0) is 23.1. The molecule has 32 heavy (non-hydrogen) atoms. The van der Waals surface area contributed by atoms with Crippen molar-refractivity contribution in [3.8, 4) is 0 Å². The van der Waals surface area contributed by atoms with Crippen LogP contribution >= 0.6 is 0 Å². The number of ketones is 1. The number of hydrogen-bond acceptors (Lipinski definition) is 5. The summed E-state index contributed by atoms with van der Waals surface area (Å²) in [7, 11) is 0. The fraction of sp³-hybridized carbons (Fsp3) is 0.333. The minimum absolute atomic E-state index is 0.0421. The molecule has 2 aromatic carbocycles. The van der Waals surface area contributed by atoms with E-state index in [9.17, 15) is 29.4 Å². The van der Waals surface area contributed by atoms with E-state index in [1.165, 1.54) is 0 Å². The molecule has 0 unspecified atom stereocenters. The van der Waals surface area contributed by atoms with Gasteiger partial charge in [0.2, 0.25) is 0 Å². The summed E-state index contributed by atoms with van der Waals surface area (Å²) < 4.78 is 0. The monoisotopic (exact) mass is 438 g/mol. The standard InChI is InChI=1S/C24H26N2O6/c27-18-13-7-12-17(14-18)20(24(31)32)26-23(30)21(28)19(15-8-3-1-4-9-15)25-22(29)16-10-5-2-6-11-16/h1-6,8-11,17,19-21,28H,7,12-14H2,(H,25,29)(H,26,30)(H,31,32)/t17-,19+,20-,21-/m1/s1. The number of aliphatic hydroxyl groups excluding tert-OH is 1. The normalized spacial score (nSPS) is 18.8. The number of carboxylic acids is 1. The number of carbonyl (C=O) groups is 4. The Hall–Kier alpha value is -3.52. The van der Waals surface area contributed by atoms with E-state index < -0.39 is 41.9 Å². The molecule has 0 spiro atoms. The number of carboxylic acid groups (broad SMARTS) is 1. The molecule has 8 nitrogen and oxygen atoms in total. The number of nitrogens with one attached hydrogen (secondary N) is 2. The Morgan fingerprint density at radius 1 is 0.938 bits per heavy atom. The molecule has 1 fully saturated rings. The Bertz CT molecular complexity index is 963. The second-order valence-electron chi connectivity index (χ2n) is 7.89. The molecule has 0 saturated heterocycles. The van der Waals surface area contributed by atoms with Crippen LogP contribution in [0.1, 0.15) is 47.6 Å². The summed E-state index contributed by atoms with van der Waals surface area (Å²) in [5.74, 6) is -3.27. The lowest BCUT2D eigenvalue weighted by Crippen LogP contribution is -2.53. The fourth-order valence-electron chi connectivity index (χ4n) is 3.93. The Balaban J connectivity index is 1.79. The molecule has 0 radical (unpaired) electrons. The SMILES string of the molecule is O=C1CCC[C@@H]([C@@H](NC(=O)[C@H](O)[C@@H](NC(=O)c2ccccc2)c2ccccc2)C(=O)O)C1. The van der Waals surface area contributed by atoms with Crippen LogP contribution < -0.4 is 10.6 Å². The van der Waals surface area contributed by atoms with Crippen LogP contribution in [0.4, 0.5) is 0 Å². The summed E-state index contributed by atoms with van der Waals surface area (Å²) in [5, 5.41) is 25.5. The molecule has 1 aliphatic rings. The molecule has 0 heterocycles. The van der Waals surface area contributed by atoms with Crippen molar-refractivity contribution in [2.24, 2.45) is 5.92 Å². The number of amides is 2. The van der Waals surface area contributed by atoms with Crippen LogP contribution in [0.5, 0.6) is 0 Å². The number of aliphatic hydroxyl groups is 1. The third-order valence-electron chi connectivity index (χ3n) is 5.62. The van der Waals surface area contributed by atoms with Crippen molar-refractivity contribution in [1.82, 2.24) is 10.6 Å². The van der Waals surface area contributed by atoms with Crippen LogP contribution in [0.2, 0.25) is 0 Å². The number of hydrogen-bond donors (Lipinski definition) is 4. The fourth-order valence-corrected chi connectivity index (χ4v) is 3.93. The van der Waals surface area contributed by atoms with Crippen molar-refractivity contribution in [3.05, 3.63) is 71.8 Å². The summed E-state index contributed by atoms with van der Waals surface area (Å²) in [6.07, 6.45) is -0.218. The molecule has 8 heteroatoms. The number of carbonyl (C=O) groups excluding carboxylic acids is 3. The van der Waals surface area contributed by atoms with Crippen LogP contribution in [0, 0.1) is 5.92 Å². The topological polar surface area (TPSA) is 133 Å². The molecular formula is C24H26N2O6. The van der Waals surface area contributed by atoms with Gasteiger partial charge in [0, 0.05) is 18.4 Å². The highest BCUT2D eigenvalue weighted by molar-refractivity contribution is 5.95. The molecule has 2 amide bonds. The summed E-state index contributed by atoms with van der Waals surface area (Å²) in [6.45, 7) is 0. The van der Waals surface area contributed by atoms with Crippen LogP contribution in [0.15, 0.2) is 60.7 Å². The van der Waals surface area contributed by atoms with Gasteiger partial charge < -0.3 is 20.8 Å². The molecule has 3 rings (SSSR count). The van der Waals surface area contributed by atoms with Gasteiger partial charge in [0.15, 0.2) is 6.10 Å². The lowest BCUT2D eigenvalue weighted by Gasteiger charge is -2.30. The van der Waals surface area contributed by atoms with Crippen molar-refractivity contribution < 1.29 is 29.4 Å². The third-order valence-corrected chi connectivity index (χ3v) is 5.62. The van der Waals surface area contributed by atoms with Gasteiger partial charge in [-0.2, -0.15) is 0 Å². The van der Waals surface area contributed by atoms with E-state index >= 15 is 0 Å². The Labute approximate surface area is 185 Å². The lowest BCUT2D eigenvalue weighted by molar-refractivity contribution is -0.146. The van der Waals surface area contributed by atoms with Crippen molar-refractivity contribution >= 4 is 23.6 Å². The molecule has 168 valence electrons. The van der Waals surface area contributed by atoms with E-state index in [2.05, 4.69) is 10.6 Å². The maximum atomic E-state index is 12.9. The second-order valence-corrected chi connectivity index (χ2v) is 7.89. The average Bonchev–Trinajstić information content (AvgIpc) is 2.81. The summed E-state index contributed by atoms with van der Waals surface area (Å²) in [6, 6.07) is 14.4. The van der Waals surface area contributed by atoms with E-state index in [0.717, 1.165) is 0 Å². The van der Waals surface area contributed by atoms with Gasteiger partial charge in [0.25, 0.3) is 11.8 Å². The van der Waals surface area contributed by atoms with Gasteiger partial charge in [-0.05, 0) is 36.5 Å². The first kappa shape index (κ1) is 23.1. The minimum atomic E-state index is -1.74. The molecule has 4 atom stereocenters. The highest BCUT2D eigenvalue weighted by Gasteiger charge is 2.37. The molecule has 0 aromatic heterocycles. The molecule has 4 N–H and O–H groups in total. The van der Waals surface area contributed by atoms with E-state index in [4.69, 9.17) is 0 Å². The second kappa shape index (κ2) is 10.7. The van der Waals surface area contributed by atoms with E-state index in [-0.39, 0.29) is 12.2 Å². The van der Waals surface area contributed by atoms with Crippen molar-refractivity contribution in [3.63, 3.8) is 0 Å². The number of benzene rings is 2. The quantitative estimate of drug-likeness (QED) is 0.497. The predicted octanol–water partition coefficient (Wildman–Crippen LogP) is 1.85. The Kier molecular flexibility index (Phi) is 7.72. The van der Waals surface area contributed by atoms with Crippen LogP contribution in [0.3, 0.4) is 0 Å². The molecule has 1 aliphatic carbocycles. The summed E-state index contributed by atoms with van der Waals surface area (Å²) in [5.41, 5.74) is 0.837. The Morgan fingerprint density at radius 2 is 1.56 bits per heavy atom. The summed E-state index contributed by atoms with van der Waals surface area (Å²) in [4.78, 5) is 49.1. The van der Waals surface area contributed by atoms with Gasteiger partial charge >= 0.3 is 5.97 Å². The maximum Gasteiger partial charge on any atom is 0.326 e. The van der Waals surface area contributed by atoms with Crippen LogP contribution in [0.25, 0.3) is 0 Å². The number of rotatable bonds is 8. The lowest BCUT2D eigenvalue weighted by atomic mass is 9.83. The Morgan fingerprint density at radius 3 is 2.16 bits per heavy atom. The van der Waals surface area contributed by atoms with E-state index in [1.807, 2.05) is 0 Å². The van der Waals surface area contributed by atoms with Gasteiger partial charge in [0.1, 0.15) is 11.8 Å². The number of Topliss-reactive ketones (excluding diaryl/α,β-unsaturated/α-hetero) is 1. The van der Waals surface area contributed by atoms with Gasteiger partial charge in [-0.15, -0.1) is 0 Å². The highest BCUT2D eigenvalue weighted by Crippen LogP contribution is 2.25. The molecule has 0 aliphatic heterocycles. The van der Waals surface area contributed by atoms with E-state index in [0.29, 0.717) is 30.4 Å². The van der Waals surface area contributed by atoms with Gasteiger partial charge in [-0.3, -0.25) is 14.4 Å². The maximum absolute atomic E-state index is 12.9. The van der Waals surface area contributed by atoms with Crippen molar-refractivity contribution in [1.29, 1.82) is 0 Å².